The Morgan fingerprint density at radius 1 is 0.429 bits per heavy atom. The predicted molar refractivity (Wildman–Crippen MR) is 293 cm³/mol. The van der Waals surface area contributed by atoms with Crippen molar-refractivity contribution in [1.82, 2.24) is 0 Å². The van der Waals surface area contributed by atoms with Gasteiger partial charge in [0.25, 0.3) is 0 Å². The first-order valence-corrected chi connectivity index (χ1v) is 30.0. The average molecular weight is 991 g/mol. The van der Waals surface area contributed by atoms with Crippen LogP contribution in [0.1, 0.15) is 290 Å². The number of carboxylic acids is 1. The second kappa shape index (κ2) is 53.1. The van der Waals surface area contributed by atoms with E-state index in [0.29, 0.717) is 23.9 Å². The molecule has 0 N–H and O–H groups in total. The third kappa shape index (κ3) is 53.6. The number of nitrogens with zero attached hydrogens (tertiary/aromatic N) is 1. The molecule has 0 radical (unpaired) electrons. The van der Waals surface area contributed by atoms with Crippen molar-refractivity contribution in [1.29, 1.82) is 0 Å². The monoisotopic (exact) mass is 990 g/mol. The van der Waals surface area contributed by atoms with Gasteiger partial charge in [-0.15, -0.1) is 0 Å². The number of unbranched alkanes of at least 4 members (excludes halogenated alkanes) is 37. The highest BCUT2D eigenvalue weighted by Gasteiger charge is 2.22. The Morgan fingerprint density at radius 2 is 0.771 bits per heavy atom. The van der Waals surface area contributed by atoms with Gasteiger partial charge in [-0.2, -0.15) is 0 Å². The van der Waals surface area contributed by atoms with E-state index in [2.05, 4.69) is 38.2 Å². The van der Waals surface area contributed by atoms with Crippen molar-refractivity contribution in [3.8, 4) is 0 Å². The van der Waals surface area contributed by atoms with Crippen LogP contribution in [0, 0.1) is 0 Å². The van der Waals surface area contributed by atoms with Gasteiger partial charge >= 0.3 is 11.9 Å². The maximum Gasteiger partial charge on any atom is 0.306 e. The largest absolute Gasteiger partial charge is 0.545 e. The Hall–Kier alpha value is -2.23. The van der Waals surface area contributed by atoms with Crippen LogP contribution in [0.3, 0.4) is 0 Å². The molecule has 0 aromatic carbocycles. The van der Waals surface area contributed by atoms with Crippen molar-refractivity contribution in [2.75, 3.05) is 47.5 Å². The molecule has 0 aromatic rings. The van der Waals surface area contributed by atoms with E-state index in [9.17, 15) is 19.5 Å². The minimum absolute atomic E-state index is 0.148. The lowest BCUT2D eigenvalue weighted by atomic mass is 10.0. The Morgan fingerprint density at radius 3 is 1.14 bits per heavy atom. The maximum atomic E-state index is 12.8. The van der Waals surface area contributed by atoms with Gasteiger partial charge in [0.2, 0.25) is 0 Å². The molecule has 0 aliphatic carbocycles. The molecule has 9 nitrogen and oxygen atoms in total. The van der Waals surface area contributed by atoms with Crippen LogP contribution in [-0.4, -0.2) is 82.3 Å². The van der Waals surface area contributed by atoms with Crippen molar-refractivity contribution in [3.05, 3.63) is 24.3 Å². The van der Waals surface area contributed by atoms with Gasteiger partial charge in [-0.25, -0.2) is 0 Å². The van der Waals surface area contributed by atoms with E-state index >= 15 is 0 Å². The zero-order valence-corrected chi connectivity index (χ0v) is 46.9. The molecule has 0 amide bonds. The molecule has 0 aliphatic heterocycles. The van der Waals surface area contributed by atoms with Gasteiger partial charge in [0, 0.05) is 12.8 Å². The molecule has 0 aromatic heterocycles. The zero-order chi connectivity index (χ0) is 51.3. The Kier molecular flexibility index (Phi) is 51.4. The maximum absolute atomic E-state index is 12.8. The molecule has 0 aliphatic rings. The SMILES string of the molecule is CCCCCC/C=C\C/C=C\CCCCCCCCCC(=O)OC(COC(=O)CCCCCCCCCCCCCCCCCCCCCCCCCCCCC)COC(OCC[N+](C)(C)C)C(=O)[O-]. The van der Waals surface area contributed by atoms with Crippen molar-refractivity contribution in [2.24, 2.45) is 0 Å². The molecule has 0 fully saturated rings. The van der Waals surface area contributed by atoms with E-state index in [1.807, 2.05) is 21.1 Å². The molecule has 0 saturated carbocycles. The summed E-state index contributed by atoms with van der Waals surface area (Å²) in [5, 5.41) is 11.8. The first-order valence-electron chi connectivity index (χ1n) is 30.0. The summed E-state index contributed by atoms with van der Waals surface area (Å²) in [6, 6.07) is 0. The Bertz CT molecular complexity index is 1200. The normalized spacial score (nSPS) is 12.9. The molecular formula is C61H115NO8. The number of allylic oxidation sites excluding steroid dienone is 4. The number of hydrogen-bond donors (Lipinski definition) is 0. The second-order valence-electron chi connectivity index (χ2n) is 21.6. The van der Waals surface area contributed by atoms with Crippen molar-refractivity contribution >= 4 is 17.9 Å². The highest BCUT2D eigenvalue weighted by Crippen LogP contribution is 2.17. The molecule has 0 bridgehead atoms. The van der Waals surface area contributed by atoms with Crippen molar-refractivity contribution < 1.29 is 42.9 Å². The van der Waals surface area contributed by atoms with E-state index in [0.717, 1.165) is 51.4 Å². The lowest BCUT2D eigenvalue weighted by Crippen LogP contribution is -2.44. The van der Waals surface area contributed by atoms with Crippen LogP contribution < -0.4 is 5.11 Å². The molecular weight excluding hydrogens is 875 g/mol. The van der Waals surface area contributed by atoms with Crippen molar-refractivity contribution in [3.63, 3.8) is 0 Å². The smallest absolute Gasteiger partial charge is 0.306 e. The van der Waals surface area contributed by atoms with Crippen LogP contribution in [0.2, 0.25) is 0 Å². The number of aliphatic carboxylic acids is 1. The number of esters is 2. The lowest BCUT2D eigenvalue weighted by molar-refractivity contribution is -0.870. The molecule has 2 unspecified atom stereocenters. The molecule has 2 atom stereocenters. The third-order valence-electron chi connectivity index (χ3n) is 13.5. The first kappa shape index (κ1) is 67.8. The predicted octanol–water partition coefficient (Wildman–Crippen LogP) is 16.2. The van der Waals surface area contributed by atoms with Crippen LogP contribution >= 0.6 is 0 Å². The fraction of sp³-hybridized carbons (Fsp3) is 0.885. The number of quaternary nitrogens is 1. The average Bonchev–Trinajstić information content (AvgIpc) is 3.33. The Balaban J connectivity index is 4.15. The minimum Gasteiger partial charge on any atom is -0.545 e. The van der Waals surface area contributed by atoms with Gasteiger partial charge in [-0.1, -0.05) is 256 Å². The van der Waals surface area contributed by atoms with Crippen molar-refractivity contribution in [2.45, 2.75) is 302 Å². The molecule has 0 heterocycles. The zero-order valence-electron chi connectivity index (χ0n) is 46.9. The highest BCUT2D eigenvalue weighted by molar-refractivity contribution is 5.70. The van der Waals surface area contributed by atoms with Gasteiger partial charge in [-0.05, 0) is 44.9 Å². The van der Waals surface area contributed by atoms with Gasteiger partial charge in [0.1, 0.15) is 13.2 Å². The summed E-state index contributed by atoms with van der Waals surface area (Å²) in [6.07, 6.45) is 59.5. The number of hydrogen-bond acceptors (Lipinski definition) is 8. The molecule has 0 saturated heterocycles. The second-order valence-corrected chi connectivity index (χ2v) is 21.6. The standard InChI is InChI=1S/C61H115NO8/c1-6-8-10-12-14-16-18-20-22-24-26-27-28-29-30-31-32-33-34-36-37-39-41-43-45-47-49-51-58(63)68-55-57(56-69-61(60(65)66)67-54-53-62(3,4)5)70-59(64)52-50-48-46-44-42-40-38-35-25-23-21-19-17-15-13-11-9-7-2/h17,19,23,25,57,61H,6-16,18,20-22,24,26-56H2,1-5H3/b19-17-,25-23-. The van der Waals surface area contributed by atoms with Gasteiger partial charge < -0.3 is 33.3 Å². The van der Waals surface area contributed by atoms with Gasteiger partial charge in [0.15, 0.2) is 12.4 Å². The number of likely N-dealkylation sites (N-methyl/N-ethyl adjacent to an activating group) is 1. The van der Waals surface area contributed by atoms with E-state index in [1.165, 1.54) is 205 Å². The molecule has 0 rings (SSSR count). The van der Waals surface area contributed by atoms with Crippen LogP contribution in [0.5, 0.6) is 0 Å². The number of carboxylic acid groups (broad SMARTS) is 1. The van der Waals surface area contributed by atoms with E-state index in [1.54, 1.807) is 0 Å². The quantitative estimate of drug-likeness (QED) is 0.0195. The van der Waals surface area contributed by atoms with Crippen LogP contribution in [-0.2, 0) is 33.3 Å². The summed E-state index contributed by atoms with van der Waals surface area (Å²) in [5.74, 6) is -2.27. The summed E-state index contributed by atoms with van der Waals surface area (Å²) in [5.41, 5.74) is 0. The molecule has 412 valence electrons. The number of carbonyl (C=O) groups is 3. The van der Waals surface area contributed by atoms with E-state index < -0.39 is 24.3 Å². The van der Waals surface area contributed by atoms with Gasteiger partial charge in [0.05, 0.1) is 40.3 Å². The molecule has 9 heteroatoms. The third-order valence-corrected chi connectivity index (χ3v) is 13.5. The van der Waals surface area contributed by atoms with Crippen LogP contribution in [0.4, 0.5) is 0 Å². The highest BCUT2D eigenvalue weighted by atomic mass is 16.7. The van der Waals surface area contributed by atoms with E-state index in [-0.39, 0.29) is 32.2 Å². The fourth-order valence-electron chi connectivity index (χ4n) is 8.80. The number of rotatable bonds is 56. The number of ether oxygens (including phenoxy) is 4. The number of carbonyl (C=O) groups excluding carboxylic acids is 3. The molecule has 0 spiro atoms. The van der Waals surface area contributed by atoms with E-state index in [4.69, 9.17) is 18.9 Å². The van der Waals surface area contributed by atoms with Crippen LogP contribution in [0.25, 0.3) is 0 Å². The summed E-state index contributed by atoms with van der Waals surface area (Å²) in [6.45, 7) is 4.77. The first-order chi connectivity index (χ1) is 34.1. The van der Waals surface area contributed by atoms with Crippen LogP contribution in [0.15, 0.2) is 24.3 Å². The Labute approximate surface area is 433 Å². The summed E-state index contributed by atoms with van der Waals surface area (Å²) < 4.78 is 22.7. The topological polar surface area (TPSA) is 111 Å². The minimum atomic E-state index is -1.62. The summed E-state index contributed by atoms with van der Waals surface area (Å²) in [7, 11) is 5.93. The fourth-order valence-corrected chi connectivity index (χ4v) is 8.80. The summed E-state index contributed by atoms with van der Waals surface area (Å²) in [4.78, 5) is 37.3. The molecule has 70 heavy (non-hydrogen) atoms. The van der Waals surface area contributed by atoms with Gasteiger partial charge in [-0.3, -0.25) is 9.59 Å². The summed E-state index contributed by atoms with van der Waals surface area (Å²) >= 11 is 0. The lowest BCUT2D eigenvalue weighted by Gasteiger charge is -2.26.